The minimum Gasteiger partial charge on any atom is -0.507 e. The minimum absolute atomic E-state index is 0.0287. The highest BCUT2D eigenvalue weighted by atomic mass is 19.1. The molecule has 0 bridgehead atoms. The van der Waals surface area contributed by atoms with Crippen LogP contribution in [0.2, 0.25) is 0 Å². The lowest BCUT2D eigenvalue weighted by Gasteiger charge is -2.26. The van der Waals surface area contributed by atoms with E-state index in [2.05, 4.69) is 0 Å². The Morgan fingerprint density at radius 3 is 2.43 bits per heavy atom. The highest BCUT2D eigenvalue weighted by Gasteiger charge is 2.45. The first-order valence-electron chi connectivity index (χ1n) is 9.05. The molecule has 1 atom stereocenters. The van der Waals surface area contributed by atoms with E-state index in [4.69, 9.17) is 0 Å². The molecule has 5 nitrogen and oxygen atoms in total. The van der Waals surface area contributed by atoms with Crippen molar-refractivity contribution in [2.24, 2.45) is 0 Å². The van der Waals surface area contributed by atoms with Crippen molar-refractivity contribution >= 4 is 17.4 Å². The summed E-state index contributed by atoms with van der Waals surface area (Å²) in [6, 6.07) is 12.0. The Hall–Kier alpha value is -2.99. The van der Waals surface area contributed by atoms with Crippen molar-refractivity contribution in [3.63, 3.8) is 0 Å². The van der Waals surface area contributed by atoms with E-state index in [0.717, 1.165) is 11.1 Å². The molecule has 1 saturated heterocycles. The largest absolute Gasteiger partial charge is 0.507 e. The lowest BCUT2D eigenvalue weighted by Crippen LogP contribution is -2.35. The average Bonchev–Trinajstić information content (AvgIpc) is 2.91. The number of nitrogens with zero attached hydrogens (tertiary/aromatic N) is 2. The molecule has 6 heteroatoms. The van der Waals surface area contributed by atoms with E-state index in [9.17, 15) is 19.1 Å². The third-order valence-corrected chi connectivity index (χ3v) is 4.80. The van der Waals surface area contributed by atoms with Crippen LogP contribution in [0.15, 0.2) is 54.1 Å². The smallest absolute Gasteiger partial charge is 0.295 e. The summed E-state index contributed by atoms with van der Waals surface area (Å²) in [7, 11) is 3.77. The number of aliphatic hydroxyl groups excluding tert-OH is 1. The van der Waals surface area contributed by atoms with Crippen LogP contribution in [0.4, 0.5) is 4.39 Å². The fourth-order valence-electron chi connectivity index (χ4n) is 3.37. The van der Waals surface area contributed by atoms with Gasteiger partial charge in [0.25, 0.3) is 11.7 Å². The molecule has 0 spiro atoms. The second kappa shape index (κ2) is 7.94. The third-order valence-electron chi connectivity index (χ3n) is 4.80. The lowest BCUT2D eigenvalue weighted by atomic mass is 9.94. The van der Waals surface area contributed by atoms with E-state index in [-0.39, 0.29) is 11.3 Å². The van der Waals surface area contributed by atoms with Crippen LogP contribution in [0, 0.1) is 12.7 Å². The fraction of sp³-hybridized carbons (Fsp3) is 0.273. The van der Waals surface area contributed by atoms with Gasteiger partial charge in [0.1, 0.15) is 11.6 Å². The van der Waals surface area contributed by atoms with Crippen molar-refractivity contribution in [2.75, 3.05) is 27.2 Å². The number of amides is 1. The van der Waals surface area contributed by atoms with Crippen LogP contribution in [0.5, 0.6) is 0 Å². The second-order valence-corrected chi connectivity index (χ2v) is 7.22. The molecule has 0 aliphatic carbocycles. The van der Waals surface area contributed by atoms with Gasteiger partial charge in [0.2, 0.25) is 0 Å². The Labute approximate surface area is 163 Å². The van der Waals surface area contributed by atoms with E-state index in [1.807, 2.05) is 50.2 Å². The van der Waals surface area contributed by atoms with Crippen molar-refractivity contribution in [1.82, 2.24) is 9.80 Å². The predicted octanol–water partition coefficient (Wildman–Crippen LogP) is 3.12. The SMILES string of the molecule is Cc1cccc(C2/C(=C(/O)c3ccc(F)cc3)C(=O)C(=O)N2CCN(C)C)c1. The lowest BCUT2D eigenvalue weighted by molar-refractivity contribution is -0.140. The van der Waals surface area contributed by atoms with E-state index in [0.29, 0.717) is 18.7 Å². The third kappa shape index (κ3) is 3.82. The molecule has 1 aliphatic heterocycles. The summed E-state index contributed by atoms with van der Waals surface area (Å²) in [5, 5.41) is 10.8. The van der Waals surface area contributed by atoms with Gasteiger partial charge >= 0.3 is 0 Å². The van der Waals surface area contributed by atoms with Crippen LogP contribution in [-0.2, 0) is 9.59 Å². The fourth-order valence-corrected chi connectivity index (χ4v) is 3.37. The number of likely N-dealkylation sites (N-methyl/N-ethyl adjacent to an activating group) is 1. The van der Waals surface area contributed by atoms with Crippen LogP contribution >= 0.6 is 0 Å². The average molecular weight is 382 g/mol. The first kappa shape index (κ1) is 19.8. The highest BCUT2D eigenvalue weighted by molar-refractivity contribution is 6.46. The number of rotatable bonds is 5. The number of aliphatic hydroxyl groups is 1. The summed E-state index contributed by atoms with van der Waals surface area (Å²) in [6.45, 7) is 2.85. The number of aryl methyl sites for hydroxylation is 1. The molecule has 0 aromatic heterocycles. The van der Waals surface area contributed by atoms with Crippen LogP contribution in [0.25, 0.3) is 5.76 Å². The maximum absolute atomic E-state index is 13.3. The van der Waals surface area contributed by atoms with Crippen molar-refractivity contribution in [3.8, 4) is 0 Å². The van der Waals surface area contributed by atoms with E-state index >= 15 is 0 Å². The molecule has 1 N–H and O–H groups in total. The zero-order valence-corrected chi connectivity index (χ0v) is 16.1. The molecule has 1 aliphatic rings. The Morgan fingerprint density at radius 1 is 1.14 bits per heavy atom. The van der Waals surface area contributed by atoms with Crippen LogP contribution < -0.4 is 0 Å². The molecule has 2 aromatic carbocycles. The molecule has 146 valence electrons. The molecule has 0 saturated carbocycles. The van der Waals surface area contributed by atoms with Crippen LogP contribution in [0.3, 0.4) is 0 Å². The van der Waals surface area contributed by atoms with Gasteiger partial charge in [0.15, 0.2) is 0 Å². The van der Waals surface area contributed by atoms with E-state index < -0.39 is 23.5 Å². The maximum atomic E-state index is 13.3. The molecule has 1 heterocycles. The molecule has 28 heavy (non-hydrogen) atoms. The normalized spacial score (nSPS) is 18.9. The first-order chi connectivity index (χ1) is 13.3. The number of ketones is 1. The Kier molecular flexibility index (Phi) is 5.61. The van der Waals surface area contributed by atoms with Crippen LogP contribution in [-0.4, -0.2) is 53.8 Å². The quantitative estimate of drug-likeness (QED) is 0.490. The summed E-state index contributed by atoms with van der Waals surface area (Å²) in [5.41, 5.74) is 2.06. The number of halogens is 1. The van der Waals surface area contributed by atoms with Gasteiger partial charge < -0.3 is 14.9 Å². The van der Waals surface area contributed by atoms with Gasteiger partial charge in [-0.15, -0.1) is 0 Å². The number of carbonyl (C=O) groups is 2. The summed E-state index contributed by atoms with van der Waals surface area (Å²) in [6.07, 6.45) is 0. The monoisotopic (exact) mass is 382 g/mol. The Bertz CT molecular complexity index is 935. The number of hydrogen-bond acceptors (Lipinski definition) is 4. The number of carbonyl (C=O) groups excluding carboxylic acids is 2. The van der Waals surface area contributed by atoms with Gasteiger partial charge in [-0.1, -0.05) is 29.8 Å². The number of hydrogen-bond donors (Lipinski definition) is 1. The van der Waals surface area contributed by atoms with Crippen molar-refractivity contribution < 1.29 is 19.1 Å². The van der Waals surface area contributed by atoms with Gasteiger partial charge in [0, 0.05) is 18.7 Å². The molecule has 0 radical (unpaired) electrons. The molecule has 1 fully saturated rings. The van der Waals surface area contributed by atoms with E-state index in [1.54, 1.807) is 0 Å². The minimum atomic E-state index is -0.730. The number of likely N-dealkylation sites (tertiary alicyclic amines) is 1. The summed E-state index contributed by atoms with van der Waals surface area (Å²) in [4.78, 5) is 29.0. The zero-order valence-electron chi connectivity index (χ0n) is 16.1. The van der Waals surface area contributed by atoms with E-state index in [1.165, 1.54) is 29.2 Å². The molecule has 1 amide bonds. The van der Waals surface area contributed by atoms with Crippen molar-refractivity contribution in [3.05, 3.63) is 76.6 Å². The highest BCUT2D eigenvalue weighted by Crippen LogP contribution is 2.39. The number of benzene rings is 2. The summed E-state index contributed by atoms with van der Waals surface area (Å²) < 4.78 is 13.3. The summed E-state index contributed by atoms with van der Waals surface area (Å²) >= 11 is 0. The van der Waals surface area contributed by atoms with Gasteiger partial charge in [-0.05, 0) is 50.8 Å². The Balaban J connectivity index is 2.14. The van der Waals surface area contributed by atoms with Crippen molar-refractivity contribution in [2.45, 2.75) is 13.0 Å². The predicted molar refractivity (Wildman–Crippen MR) is 105 cm³/mol. The number of Topliss-reactive ketones (excluding diaryl/α,β-unsaturated/α-hetero) is 1. The second-order valence-electron chi connectivity index (χ2n) is 7.22. The van der Waals surface area contributed by atoms with Gasteiger partial charge in [-0.2, -0.15) is 0 Å². The van der Waals surface area contributed by atoms with Gasteiger partial charge in [0.05, 0.1) is 11.6 Å². The molecule has 2 aromatic rings. The molecule has 1 unspecified atom stereocenters. The molecular weight excluding hydrogens is 359 g/mol. The topological polar surface area (TPSA) is 60.9 Å². The first-order valence-corrected chi connectivity index (χ1v) is 9.05. The van der Waals surface area contributed by atoms with Gasteiger partial charge in [-0.3, -0.25) is 9.59 Å². The standard InChI is InChI=1S/C22H23FN2O3/c1-14-5-4-6-16(13-14)19-18(20(26)15-7-9-17(23)10-8-15)21(27)22(28)25(19)12-11-24(2)3/h4-10,13,19,26H,11-12H2,1-3H3/b20-18-. The van der Waals surface area contributed by atoms with Crippen LogP contribution in [0.1, 0.15) is 22.7 Å². The molecular formula is C22H23FN2O3. The maximum Gasteiger partial charge on any atom is 0.295 e. The molecule has 3 rings (SSSR count). The van der Waals surface area contributed by atoms with Crippen molar-refractivity contribution in [1.29, 1.82) is 0 Å². The Morgan fingerprint density at radius 2 is 1.82 bits per heavy atom. The zero-order chi connectivity index (χ0) is 20.4. The summed E-state index contributed by atoms with van der Waals surface area (Å²) in [5.74, 6) is -2.11. The van der Waals surface area contributed by atoms with Gasteiger partial charge in [-0.25, -0.2) is 4.39 Å².